The topological polar surface area (TPSA) is 181 Å². The molecule has 0 bridgehead atoms. The van der Waals surface area contributed by atoms with E-state index in [0.29, 0.717) is 11.3 Å². The van der Waals surface area contributed by atoms with E-state index in [0.717, 1.165) is 0 Å². The fourth-order valence-corrected chi connectivity index (χ4v) is 3.67. The van der Waals surface area contributed by atoms with Gasteiger partial charge in [-0.05, 0) is 46.8 Å². The molecule has 0 aliphatic carbocycles. The van der Waals surface area contributed by atoms with Crippen LogP contribution in [-0.2, 0) is 19.3 Å². The second-order valence-electron chi connectivity index (χ2n) is 8.64. The van der Waals surface area contributed by atoms with Crippen molar-refractivity contribution in [3.8, 4) is 11.3 Å². The SMILES string of the molecule is CC(C)S(=O)(=O)c1ccc(-c2cnc(N)c(C(=N)OC(=N)CCNC(=O)OC(C)(C)C)n2)cc1. The number of carbonyl (C=O) groups excluding carboxylic acids is 1. The lowest BCUT2D eigenvalue weighted by atomic mass is 10.1. The van der Waals surface area contributed by atoms with Crippen LogP contribution in [0, 0.1) is 10.8 Å². The summed E-state index contributed by atoms with van der Waals surface area (Å²) in [6, 6.07) is 6.15. The molecule has 0 aliphatic rings. The summed E-state index contributed by atoms with van der Waals surface area (Å²) in [6.07, 6.45) is 0.791. The Morgan fingerprint density at radius 1 is 1.18 bits per heavy atom. The highest BCUT2D eigenvalue weighted by Crippen LogP contribution is 2.23. The Kier molecular flexibility index (Phi) is 8.32. The molecular weight excluding hydrogens is 460 g/mol. The monoisotopic (exact) mass is 490 g/mol. The predicted octanol–water partition coefficient (Wildman–Crippen LogP) is 3.14. The summed E-state index contributed by atoms with van der Waals surface area (Å²) in [5.74, 6) is -0.823. The summed E-state index contributed by atoms with van der Waals surface area (Å²) in [4.78, 5) is 20.2. The van der Waals surface area contributed by atoms with Crippen molar-refractivity contribution in [3.63, 3.8) is 0 Å². The van der Waals surface area contributed by atoms with Gasteiger partial charge in [0.2, 0.25) is 5.90 Å². The first-order valence-corrected chi connectivity index (χ1v) is 12.0. The van der Waals surface area contributed by atoms with E-state index in [1.165, 1.54) is 18.3 Å². The van der Waals surface area contributed by atoms with E-state index in [9.17, 15) is 13.2 Å². The van der Waals surface area contributed by atoms with Gasteiger partial charge in [-0.15, -0.1) is 0 Å². The molecule has 34 heavy (non-hydrogen) atoms. The summed E-state index contributed by atoms with van der Waals surface area (Å²) in [5, 5.41) is 18.0. The first kappa shape index (κ1) is 26.7. The zero-order valence-corrected chi connectivity index (χ0v) is 20.6. The number of anilines is 1. The number of nitrogens with one attached hydrogen (secondary N) is 3. The van der Waals surface area contributed by atoms with Gasteiger partial charge in [-0.3, -0.25) is 10.8 Å². The number of carbonyl (C=O) groups is 1. The zero-order valence-electron chi connectivity index (χ0n) is 19.8. The zero-order chi connectivity index (χ0) is 25.7. The molecular formula is C22H30N6O5S. The van der Waals surface area contributed by atoms with Gasteiger partial charge in [-0.1, -0.05) is 12.1 Å². The molecule has 0 spiro atoms. The van der Waals surface area contributed by atoms with Gasteiger partial charge in [0.15, 0.2) is 27.2 Å². The third kappa shape index (κ3) is 7.24. The van der Waals surface area contributed by atoms with Crippen LogP contribution in [0.15, 0.2) is 35.4 Å². The summed E-state index contributed by atoms with van der Waals surface area (Å²) >= 11 is 0. The highest BCUT2D eigenvalue weighted by atomic mass is 32.2. The maximum atomic E-state index is 12.3. The smallest absolute Gasteiger partial charge is 0.407 e. The molecule has 2 aromatic rings. The Morgan fingerprint density at radius 2 is 1.79 bits per heavy atom. The van der Waals surface area contributed by atoms with E-state index in [4.69, 9.17) is 26.0 Å². The molecule has 0 aliphatic heterocycles. The highest BCUT2D eigenvalue weighted by Gasteiger charge is 2.20. The van der Waals surface area contributed by atoms with Crippen molar-refractivity contribution in [1.82, 2.24) is 15.3 Å². The van der Waals surface area contributed by atoms with Crippen molar-refractivity contribution >= 4 is 33.5 Å². The van der Waals surface area contributed by atoms with E-state index >= 15 is 0 Å². The molecule has 1 heterocycles. The molecule has 11 nitrogen and oxygen atoms in total. The fraction of sp³-hybridized carbons (Fsp3) is 0.409. The third-order valence-electron chi connectivity index (χ3n) is 4.36. The molecule has 0 unspecified atom stereocenters. The van der Waals surface area contributed by atoms with Crippen LogP contribution in [0.4, 0.5) is 10.6 Å². The van der Waals surface area contributed by atoms with E-state index in [-0.39, 0.29) is 35.3 Å². The molecule has 0 radical (unpaired) electrons. The second-order valence-corrected chi connectivity index (χ2v) is 11.1. The normalized spacial score (nSPS) is 11.7. The number of sulfone groups is 1. The largest absolute Gasteiger partial charge is 0.444 e. The van der Waals surface area contributed by atoms with Gasteiger partial charge in [0.1, 0.15) is 5.60 Å². The van der Waals surface area contributed by atoms with Crippen molar-refractivity contribution in [3.05, 3.63) is 36.2 Å². The highest BCUT2D eigenvalue weighted by molar-refractivity contribution is 7.92. The van der Waals surface area contributed by atoms with Crippen LogP contribution in [0.2, 0.25) is 0 Å². The molecule has 0 fully saturated rings. The minimum Gasteiger partial charge on any atom is -0.444 e. The average molecular weight is 491 g/mol. The molecule has 0 saturated heterocycles. The van der Waals surface area contributed by atoms with Crippen molar-refractivity contribution < 1.29 is 22.7 Å². The molecule has 5 N–H and O–H groups in total. The van der Waals surface area contributed by atoms with Crippen molar-refractivity contribution in [1.29, 1.82) is 10.8 Å². The minimum absolute atomic E-state index is 0.0143. The van der Waals surface area contributed by atoms with Crippen molar-refractivity contribution in [2.75, 3.05) is 12.3 Å². The Morgan fingerprint density at radius 3 is 2.35 bits per heavy atom. The first-order valence-electron chi connectivity index (χ1n) is 10.5. The summed E-state index contributed by atoms with van der Waals surface area (Å²) < 4.78 is 34.9. The third-order valence-corrected chi connectivity index (χ3v) is 6.53. The predicted molar refractivity (Wildman–Crippen MR) is 129 cm³/mol. The van der Waals surface area contributed by atoms with Gasteiger partial charge in [-0.2, -0.15) is 0 Å². The molecule has 0 saturated carbocycles. The number of hydrogen-bond donors (Lipinski definition) is 4. The van der Waals surface area contributed by atoms with E-state index in [2.05, 4.69) is 15.3 Å². The molecule has 1 aromatic heterocycles. The molecule has 12 heteroatoms. The van der Waals surface area contributed by atoms with Crippen LogP contribution in [0.5, 0.6) is 0 Å². The Hall–Kier alpha value is -3.54. The lowest BCUT2D eigenvalue weighted by molar-refractivity contribution is 0.0529. The standard InChI is InChI=1S/C22H30N6O5S/c1-13(2)34(30,31)15-8-6-14(7-9-15)16-12-27-19(24)18(28-16)20(25)32-17(23)10-11-26-21(29)33-22(3,4)5/h6-9,12-13,23,25H,10-11H2,1-5H3,(H2,24,27)(H,26,29). The van der Waals surface area contributed by atoms with Crippen molar-refractivity contribution in [2.45, 2.75) is 56.8 Å². The average Bonchev–Trinajstić information content (AvgIpc) is 2.72. The second kappa shape index (κ2) is 10.6. The summed E-state index contributed by atoms with van der Waals surface area (Å²) in [7, 11) is -3.41. The van der Waals surface area contributed by atoms with Gasteiger partial charge in [0, 0.05) is 18.5 Å². The van der Waals surface area contributed by atoms with Gasteiger partial charge in [0.05, 0.1) is 22.0 Å². The number of nitrogens with zero attached hydrogens (tertiary/aromatic N) is 2. The number of amides is 1. The molecule has 1 amide bonds. The molecule has 2 rings (SSSR count). The number of alkyl carbamates (subject to hydrolysis) is 1. The van der Waals surface area contributed by atoms with Gasteiger partial charge >= 0.3 is 6.09 Å². The maximum absolute atomic E-state index is 12.3. The van der Waals surface area contributed by atoms with Crippen molar-refractivity contribution in [2.24, 2.45) is 0 Å². The molecule has 184 valence electrons. The van der Waals surface area contributed by atoms with Crippen LogP contribution in [-0.4, -0.2) is 53.7 Å². The Bertz CT molecular complexity index is 1170. The van der Waals surface area contributed by atoms with E-state index < -0.39 is 32.7 Å². The summed E-state index contributed by atoms with van der Waals surface area (Å²) in [6.45, 7) is 8.50. The van der Waals surface area contributed by atoms with Gasteiger partial charge < -0.3 is 20.5 Å². The first-order chi connectivity index (χ1) is 15.7. The number of hydrogen-bond acceptors (Lipinski definition) is 10. The number of nitrogen functional groups attached to an aromatic ring is 1. The lowest BCUT2D eigenvalue weighted by Crippen LogP contribution is -2.33. The number of ether oxygens (including phenoxy) is 2. The number of benzene rings is 1. The Labute approximate surface area is 199 Å². The number of aromatic nitrogens is 2. The van der Waals surface area contributed by atoms with E-state index in [1.807, 2.05) is 0 Å². The van der Waals surface area contributed by atoms with Crippen LogP contribution in [0.25, 0.3) is 11.3 Å². The quantitative estimate of drug-likeness (QED) is 0.337. The minimum atomic E-state index is -3.41. The fourth-order valence-electron chi connectivity index (χ4n) is 2.61. The maximum Gasteiger partial charge on any atom is 0.407 e. The lowest BCUT2D eigenvalue weighted by Gasteiger charge is -2.19. The van der Waals surface area contributed by atoms with Gasteiger partial charge in [-0.25, -0.2) is 23.2 Å². The molecule has 1 aromatic carbocycles. The molecule has 0 atom stereocenters. The van der Waals surface area contributed by atoms with Crippen LogP contribution >= 0.6 is 0 Å². The number of rotatable bonds is 7. The van der Waals surface area contributed by atoms with E-state index in [1.54, 1.807) is 46.8 Å². The van der Waals surface area contributed by atoms with Crippen LogP contribution in [0.3, 0.4) is 0 Å². The van der Waals surface area contributed by atoms with Crippen LogP contribution < -0.4 is 11.1 Å². The van der Waals surface area contributed by atoms with Crippen LogP contribution in [0.1, 0.15) is 46.7 Å². The van der Waals surface area contributed by atoms with Gasteiger partial charge in [0.25, 0.3) is 0 Å². The Balaban J connectivity index is 2.06. The summed E-state index contributed by atoms with van der Waals surface area (Å²) in [5.41, 5.74) is 6.05. The number of nitrogens with two attached hydrogens (primary N) is 1.